The molecule has 0 spiro atoms. The molecular weight excluding hydrogens is 653 g/mol. The van der Waals surface area contributed by atoms with Crippen LogP contribution < -0.4 is 4.90 Å². The van der Waals surface area contributed by atoms with E-state index >= 15 is 0 Å². The first kappa shape index (κ1) is 30.5. The Labute approximate surface area is 313 Å². The first-order chi connectivity index (χ1) is 26.8. The lowest BCUT2D eigenvalue weighted by Gasteiger charge is -2.25. The topological polar surface area (TPSA) is 8.17 Å². The zero-order valence-electron chi connectivity index (χ0n) is 29.5. The third kappa shape index (κ3) is 4.74. The maximum absolute atomic E-state index is 2.47. The van der Waals surface area contributed by atoms with Crippen LogP contribution in [0.3, 0.4) is 0 Å². The Morgan fingerprint density at radius 1 is 0.333 bits per heavy atom. The van der Waals surface area contributed by atoms with Crippen molar-refractivity contribution in [3.05, 3.63) is 206 Å². The molecule has 0 amide bonds. The fraction of sp³-hybridized carbons (Fsp3) is 0. The van der Waals surface area contributed by atoms with E-state index in [2.05, 4.69) is 216 Å². The molecule has 0 saturated carbocycles. The van der Waals surface area contributed by atoms with Gasteiger partial charge in [-0.05, 0) is 116 Å². The van der Waals surface area contributed by atoms with E-state index in [0.29, 0.717) is 0 Å². The van der Waals surface area contributed by atoms with E-state index < -0.39 is 0 Å². The fourth-order valence-corrected chi connectivity index (χ4v) is 8.67. The van der Waals surface area contributed by atoms with Crippen LogP contribution in [0.4, 0.5) is 17.1 Å². The highest BCUT2D eigenvalue weighted by molar-refractivity contribution is 6.33. The molecule has 0 aliphatic carbocycles. The lowest BCUT2D eigenvalue weighted by atomic mass is 9.88. The number of nitrogens with zero attached hydrogens (tertiary/aromatic N) is 2. The number of hydrogen-bond acceptors (Lipinski definition) is 1. The van der Waals surface area contributed by atoms with Crippen LogP contribution in [-0.4, -0.2) is 4.57 Å². The Bertz CT molecular complexity index is 3070. The number of fused-ring (bicyclic) bond motifs is 4. The molecule has 0 atom stereocenters. The third-order valence-electron chi connectivity index (χ3n) is 11.1. The van der Waals surface area contributed by atoms with Gasteiger partial charge < -0.3 is 9.47 Å². The predicted octanol–water partition coefficient (Wildman–Crippen LogP) is 14.5. The van der Waals surface area contributed by atoms with Crippen molar-refractivity contribution in [1.29, 1.82) is 0 Å². The molecule has 0 radical (unpaired) electrons. The smallest absolute Gasteiger partial charge is 0.0620 e. The fourth-order valence-electron chi connectivity index (χ4n) is 8.67. The maximum Gasteiger partial charge on any atom is 0.0620 e. The van der Waals surface area contributed by atoms with Gasteiger partial charge in [0.1, 0.15) is 0 Å². The molecule has 10 aromatic carbocycles. The Kier molecular flexibility index (Phi) is 6.90. The van der Waals surface area contributed by atoms with E-state index in [1.807, 2.05) is 0 Å². The van der Waals surface area contributed by atoms with Gasteiger partial charge in [0.15, 0.2) is 0 Å². The van der Waals surface area contributed by atoms with Crippen LogP contribution in [0, 0.1) is 0 Å². The molecule has 0 fully saturated rings. The summed E-state index contributed by atoms with van der Waals surface area (Å²) in [4.78, 5) is 2.31. The Morgan fingerprint density at radius 2 is 0.889 bits per heavy atom. The van der Waals surface area contributed by atoms with Crippen molar-refractivity contribution >= 4 is 71.2 Å². The van der Waals surface area contributed by atoms with E-state index in [0.717, 1.165) is 17.1 Å². The largest absolute Gasteiger partial charge is 0.311 e. The minimum absolute atomic E-state index is 1.13. The molecule has 252 valence electrons. The van der Waals surface area contributed by atoms with E-state index in [4.69, 9.17) is 0 Å². The van der Waals surface area contributed by atoms with Crippen molar-refractivity contribution in [2.24, 2.45) is 0 Å². The summed E-state index contributed by atoms with van der Waals surface area (Å²) >= 11 is 0. The van der Waals surface area contributed by atoms with Crippen LogP contribution in [0.25, 0.3) is 82.1 Å². The summed E-state index contributed by atoms with van der Waals surface area (Å²) in [7, 11) is 0. The molecule has 2 nitrogen and oxygen atoms in total. The van der Waals surface area contributed by atoms with E-state index in [9.17, 15) is 0 Å². The second kappa shape index (κ2) is 12.2. The molecule has 0 unspecified atom stereocenters. The van der Waals surface area contributed by atoms with Crippen LogP contribution in [0.15, 0.2) is 206 Å². The van der Waals surface area contributed by atoms with Crippen molar-refractivity contribution in [1.82, 2.24) is 4.57 Å². The average Bonchev–Trinajstić information content (AvgIpc) is 3.58. The third-order valence-corrected chi connectivity index (χ3v) is 11.1. The predicted molar refractivity (Wildman–Crippen MR) is 230 cm³/mol. The quantitative estimate of drug-likeness (QED) is 0.158. The molecule has 0 N–H and O–H groups in total. The van der Waals surface area contributed by atoms with Crippen molar-refractivity contribution in [3.8, 4) is 27.9 Å². The van der Waals surface area contributed by atoms with Gasteiger partial charge in [-0.3, -0.25) is 0 Å². The molecule has 0 bridgehead atoms. The SMILES string of the molecule is c1ccc(-c2ccc3c(c2)c2cc4ccc5ccc(-c6ccc(N(c7ccccc7)c7ccccc7)cc6)c6ccc(c4c56)c2n3-c2ccccc2)cc1. The Morgan fingerprint density at radius 3 is 1.59 bits per heavy atom. The molecule has 11 aromatic rings. The highest BCUT2D eigenvalue weighted by Gasteiger charge is 2.21. The molecule has 1 heterocycles. The maximum atomic E-state index is 2.47. The number of rotatable bonds is 6. The van der Waals surface area contributed by atoms with Gasteiger partial charge >= 0.3 is 0 Å². The lowest BCUT2D eigenvalue weighted by Crippen LogP contribution is -2.09. The molecule has 0 aliphatic rings. The van der Waals surface area contributed by atoms with Crippen molar-refractivity contribution in [2.75, 3.05) is 4.90 Å². The molecular formula is C52H34N2. The van der Waals surface area contributed by atoms with Crippen LogP contribution >= 0.6 is 0 Å². The molecule has 2 heteroatoms. The summed E-state index contributed by atoms with van der Waals surface area (Å²) in [5, 5.41) is 10.2. The second-order valence-electron chi connectivity index (χ2n) is 14.1. The first-order valence-electron chi connectivity index (χ1n) is 18.6. The molecule has 54 heavy (non-hydrogen) atoms. The number of hydrogen-bond donors (Lipinski definition) is 0. The molecule has 11 rings (SSSR count). The van der Waals surface area contributed by atoms with E-state index in [1.54, 1.807) is 0 Å². The van der Waals surface area contributed by atoms with Crippen molar-refractivity contribution in [3.63, 3.8) is 0 Å². The zero-order valence-corrected chi connectivity index (χ0v) is 29.5. The van der Waals surface area contributed by atoms with Crippen LogP contribution in [0.5, 0.6) is 0 Å². The first-order valence-corrected chi connectivity index (χ1v) is 18.6. The summed E-state index contributed by atoms with van der Waals surface area (Å²) in [6.07, 6.45) is 0. The Balaban J connectivity index is 1.12. The normalized spacial score (nSPS) is 11.7. The summed E-state index contributed by atoms with van der Waals surface area (Å²) in [6.45, 7) is 0. The molecule has 1 aromatic heterocycles. The zero-order chi connectivity index (χ0) is 35.6. The van der Waals surface area contributed by atoms with E-state index in [-0.39, 0.29) is 0 Å². The van der Waals surface area contributed by atoms with Gasteiger partial charge in [0.25, 0.3) is 0 Å². The van der Waals surface area contributed by atoms with Gasteiger partial charge in [0.2, 0.25) is 0 Å². The van der Waals surface area contributed by atoms with Gasteiger partial charge in [-0.25, -0.2) is 0 Å². The minimum atomic E-state index is 1.13. The summed E-state index contributed by atoms with van der Waals surface area (Å²) in [6, 6.07) is 75.0. The van der Waals surface area contributed by atoms with Crippen LogP contribution in [0.1, 0.15) is 0 Å². The monoisotopic (exact) mass is 686 g/mol. The summed E-state index contributed by atoms with van der Waals surface area (Å²) < 4.78 is 2.47. The van der Waals surface area contributed by atoms with Crippen LogP contribution in [0.2, 0.25) is 0 Å². The minimum Gasteiger partial charge on any atom is -0.311 e. The van der Waals surface area contributed by atoms with Crippen molar-refractivity contribution in [2.45, 2.75) is 0 Å². The van der Waals surface area contributed by atoms with Gasteiger partial charge in [-0.2, -0.15) is 0 Å². The highest BCUT2D eigenvalue weighted by atomic mass is 15.1. The lowest BCUT2D eigenvalue weighted by molar-refractivity contribution is 1.19. The molecule has 0 saturated heterocycles. The molecule has 0 aliphatic heterocycles. The van der Waals surface area contributed by atoms with Gasteiger partial charge in [-0.15, -0.1) is 0 Å². The second-order valence-corrected chi connectivity index (χ2v) is 14.1. The van der Waals surface area contributed by atoms with Gasteiger partial charge in [0.05, 0.1) is 11.0 Å². The number of aromatic nitrogens is 1. The summed E-state index contributed by atoms with van der Waals surface area (Å²) in [5.41, 5.74) is 11.9. The average molecular weight is 687 g/mol. The number of benzene rings is 10. The Hall–Kier alpha value is -7.16. The number of anilines is 3. The van der Waals surface area contributed by atoms with Gasteiger partial charge in [0, 0.05) is 38.9 Å². The van der Waals surface area contributed by atoms with Crippen LogP contribution in [-0.2, 0) is 0 Å². The van der Waals surface area contributed by atoms with E-state index in [1.165, 1.54) is 82.1 Å². The van der Waals surface area contributed by atoms with Gasteiger partial charge in [-0.1, -0.05) is 140 Å². The highest BCUT2D eigenvalue weighted by Crippen LogP contribution is 2.46. The number of para-hydroxylation sites is 3. The standard InChI is InChI=1S/C52H34N2/c1-5-13-35(14-6-1)38-26-32-49-47(33-38)48-34-39-22-21-37-25-29-44(45-30-31-46(51(39)50(37)45)52(48)54(49)42-19-11-4-12-20-42)36-23-27-43(28-24-36)53(40-15-7-2-8-16-40)41-17-9-3-10-18-41/h1-34H. The van der Waals surface area contributed by atoms with Crippen molar-refractivity contribution < 1.29 is 0 Å². The summed E-state index contributed by atoms with van der Waals surface area (Å²) in [5.74, 6) is 0.